The number of ether oxygens (including phenoxy) is 1. The van der Waals surface area contributed by atoms with Gasteiger partial charge in [0, 0.05) is 23.0 Å². The van der Waals surface area contributed by atoms with Crippen LogP contribution in [0.1, 0.15) is 27.6 Å². The van der Waals surface area contributed by atoms with Gasteiger partial charge in [0.2, 0.25) is 0 Å². The van der Waals surface area contributed by atoms with Gasteiger partial charge < -0.3 is 14.6 Å². The van der Waals surface area contributed by atoms with Gasteiger partial charge in [0.15, 0.2) is 0 Å². The van der Waals surface area contributed by atoms with Gasteiger partial charge in [-0.1, -0.05) is 11.2 Å². The molecule has 0 aliphatic heterocycles. The second-order valence-corrected chi connectivity index (χ2v) is 9.93. The number of carbonyl (C=O) groups is 2. The van der Waals surface area contributed by atoms with E-state index in [0.717, 1.165) is 11.3 Å². The molecular formula is C23H19N3O6S2. The molecule has 0 radical (unpaired) electrons. The fourth-order valence-corrected chi connectivity index (χ4v) is 5.30. The van der Waals surface area contributed by atoms with E-state index in [1.54, 1.807) is 61.5 Å². The molecule has 0 saturated carbocycles. The third-order valence-electron chi connectivity index (χ3n) is 4.57. The van der Waals surface area contributed by atoms with Crippen LogP contribution in [0.2, 0.25) is 0 Å². The number of nitrogens with zero attached hydrogens (tertiary/aromatic N) is 1. The molecule has 0 aliphatic rings. The van der Waals surface area contributed by atoms with Crippen LogP contribution in [0.3, 0.4) is 0 Å². The summed E-state index contributed by atoms with van der Waals surface area (Å²) in [4.78, 5) is 25.1. The van der Waals surface area contributed by atoms with Gasteiger partial charge >= 0.3 is 5.97 Å². The predicted octanol–water partition coefficient (Wildman–Crippen LogP) is 4.63. The van der Waals surface area contributed by atoms with Gasteiger partial charge in [-0.15, -0.1) is 11.3 Å². The Balaban J connectivity index is 1.45. The summed E-state index contributed by atoms with van der Waals surface area (Å²) in [6, 6.07) is 17.2. The van der Waals surface area contributed by atoms with Gasteiger partial charge in [-0.05, 0) is 61.5 Å². The van der Waals surface area contributed by atoms with Gasteiger partial charge in [-0.2, -0.15) is 0 Å². The molecule has 0 saturated heterocycles. The maximum Gasteiger partial charge on any atom is 0.338 e. The van der Waals surface area contributed by atoms with Crippen LogP contribution in [0.15, 0.2) is 81.7 Å². The largest absolute Gasteiger partial charge is 0.462 e. The number of amides is 1. The Morgan fingerprint density at radius 2 is 1.79 bits per heavy atom. The van der Waals surface area contributed by atoms with Crippen molar-refractivity contribution in [2.45, 2.75) is 11.1 Å². The van der Waals surface area contributed by atoms with Crippen molar-refractivity contribution in [2.75, 3.05) is 16.6 Å². The maximum absolute atomic E-state index is 12.8. The number of rotatable bonds is 8. The zero-order valence-corrected chi connectivity index (χ0v) is 19.5. The second-order valence-electron chi connectivity index (χ2n) is 6.94. The zero-order valence-electron chi connectivity index (χ0n) is 17.8. The molecule has 0 aliphatic carbocycles. The monoisotopic (exact) mass is 497 g/mol. The average Bonchev–Trinajstić information content (AvgIpc) is 3.52. The molecule has 4 aromatic rings. The lowest BCUT2D eigenvalue weighted by atomic mass is 10.1. The van der Waals surface area contributed by atoms with E-state index in [9.17, 15) is 18.0 Å². The van der Waals surface area contributed by atoms with Gasteiger partial charge in [-0.25, -0.2) is 13.2 Å². The van der Waals surface area contributed by atoms with E-state index in [0.29, 0.717) is 21.8 Å². The Kier molecular flexibility index (Phi) is 6.75. The van der Waals surface area contributed by atoms with E-state index in [-0.39, 0.29) is 22.1 Å². The molecule has 0 bridgehead atoms. The summed E-state index contributed by atoms with van der Waals surface area (Å²) in [5, 5.41) is 6.52. The van der Waals surface area contributed by atoms with Gasteiger partial charge in [0.05, 0.1) is 17.0 Å². The number of carbonyl (C=O) groups excluding carboxylic acids is 2. The molecule has 0 spiro atoms. The first-order chi connectivity index (χ1) is 16.4. The fourth-order valence-electron chi connectivity index (χ4n) is 2.98. The lowest BCUT2D eigenvalue weighted by Gasteiger charge is -2.09. The standard InChI is InChI=1S/C23H19N3O6S2/c1-2-31-23(28)15-6-8-17(9-7-15)24-22(27)16-4-3-5-18(14-16)26-34(29,30)21-11-10-20(33-21)19-12-13-32-25-19/h3-14,26H,2H2,1H3,(H,24,27). The number of thiophene rings is 1. The number of benzene rings is 2. The molecule has 2 aromatic heterocycles. The number of hydrogen-bond donors (Lipinski definition) is 2. The minimum absolute atomic E-state index is 0.0991. The minimum Gasteiger partial charge on any atom is -0.462 e. The molecule has 1 amide bonds. The molecule has 0 atom stereocenters. The van der Waals surface area contributed by atoms with Crippen LogP contribution in [0.4, 0.5) is 11.4 Å². The van der Waals surface area contributed by atoms with E-state index < -0.39 is 21.9 Å². The SMILES string of the molecule is CCOC(=O)c1ccc(NC(=O)c2cccc(NS(=O)(=O)c3ccc(-c4ccon4)s3)c2)cc1. The molecule has 4 rings (SSSR count). The molecule has 2 heterocycles. The minimum atomic E-state index is -3.87. The van der Waals surface area contributed by atoms with Crippen molar-refractivity contribution in [1.82, 2.24) is 5.16 Å². The van der Waals surface area contributed by atoms with Crippen molar-refractivity contribution in [2.24, 2.45) is 0 Å². The Morgan fingerprint density at radius 1 is 1.00 bits per heavy atom. The van der Waals surface area contributed by atoms with E-state index in [1.807, 2.05) is 0 Å². The van der Waals surface area contributed by atoms with Crippen LogP contribution in [-0.4, -0.2) is 32.1 Å². The lowest BCUT2D eigenvalue weighted by molar-refractivity contribution is 0.0526. The highest BCUT2D eigenvalue weighted by Gasteiger charge is 2.19. The number of anilines is 2. The maximum atomic E-state index is 12.8. The Bertz CT molecular complexity index is 1410. The van der Waals surface area contributed by atoms with E-state index in [4.69, 9.17) is 9.26 Å². The number of sulfonamides is 1. The van der Waals surface area contributed by atoms with Crippen molar-refractivity contribution in [1.29, 1.82) is 0 Å². The molecule has 2 N–H and O–H groups in total. The predicted molar refractivity (Wildman–Crippen MR) is 127 cm³/mol. The van der Waals surface area contributed by atoms with E-state index in [1.165, 1.54) is 18.4 Å². The van der Waals surface area contributed by atoms with Gasteiger partial charge in [-0.3, -0.25) is 9.52 Å². The highest BCUT2D eigenvalue weighted by Crippen LogP contribution is 2.30. The third-order valence-corrected chi connectivity index (χ3v) is 7.55. The highest BCUT2D eigenvalue weighted by molar-refractivity contribution is 7.94. The number of nitrogens with one attached hydrogen (secondary N) is 2. The average molecular weight is 498 g/mol. The summed E-state index contributed by atoms with van der Waals surface area (Å²) in [5.41, 5.74) is 1.88. The molecule has 174 valence electrons. The number of aromatic nitrogens is 1. The first kappa shape index (κ1) is 23.2. The Labute approximate surface area is 199 Å². The van der Waals surface area contributed by atoms with Crippen LogP contribution in [0, 0.1) is 0 Å². The third kappa shape index (κ3) is 5.33. The Hall–Kier alpha value is -3.96. The Morgan fingerprint density at radius 3 is 2.50 bits per heavy atom. The summed E-state index contributed by atoms with van der Waals surface area (Å²) in [6.07, 6.45) is 1.41. The van der Waals surface area contributed by atoms with Crippen molar-refractivity contribution < 1.29 is 27.3 Å². The first-order valence-electron chi connectivity index (χ1n) is 10.1. The molecular weight excluding hydrogens is 478 g/mol. The van der Waals surface area contributed by atoms with Crippen LogP contribution < -0.4 is 10.0 Å². The summed E-state index contributed by atoms with van der Waals surface area (Å²) >= 11 is 1.05. The van der Waals surface area contributed by atoms with Crippen LogP contribution >= 0.6 is 11.3 Å². The first-order valence-corrected chi connectivity index (χ1v) is 12.4. The molecule has 9 nitrogen and oxygen atoms in total. The zero-order chi connectivity index (χ0) is 24.1. The van der Waals surface area contributed by atoms with Gasteiger partial charge in [0.25, 0.3) is 15.9 Å². The van der Waals surface area contributed by atoms with Crippen molar-refractivity contribution in [3.63, 3.8) is 0 Å². The van der Waals surface area contributed by atoms with Crippen LogP contribution in [0.5, 0.6) is 0 Å². The van der Waals surface area contributed by atoms with Gasteiger partial charge in [0.1, 0.15) is 16.2 Å². The molecule has 2 aromatic carbocycles. The topological polar surface area (TPSA) is 128 Å². The molecule has 11 heteroatoms. The summed E-state index contributed by atoms with van der Waals surface area (Å²) in [5.74, 6) is -0.881. The van der Waals surface area contributed by atoms with E-state index >= 15 is 0 Å². The van der Waals surface area contributed by atoms with E-state index in [2.05, 4.69) is 15.2 Å². The summed E-state index contributed by atoms with van der Waals surface area (Å²) < 4.78 is 37.9. The smallest absolute Gasteiger partial charge is 0.338 e. The second kappa shape index (κ2) is 9.89. The van der Waals surface area contributed by atoms with Crippen molar-refractivity contribution >= 4 is 44.6 Å². The van der Waals surface area contributed by atoms with Crippen molar-refractivity contribution in [3.8, 4) is 10.6 Å². The number of hydrogen-bond acceptors (Lipinski definition) is 8. The normalized spacial score (nSPS) is 11.1. The quantitative estimate of drug-likeness (QED) is 0.340. The summed E-state index contributed by atoms with van der Waals surface area (Å²) in [6.45, 7) is 1.99. The van der Waals surface area contributed by atoms with Crippen molar-refractivity contribution in [3.05, 3.63) is 84.1 Å². The lowest BCUT2D eigenvalue weighted by Crippen LogP contribution is -2.14. The van der Waals surface area contributed by atoms with Crippen LogP contribution in [0.25, 0.3) is 10.6 Å². The molecule has 0 unspecified atom stereocenters. The molecule has 0 fully saturated rings. The molecule has 34 heavy (non-hydrogen) atoms. The summed E-state index contributed by atoms with van der Waals surface area (Å²) in [7, 11) is -3.87. The highest BCUT2D eigenvalue weighted by atomic mass is 32.2. The number of esters is 1. The fraction of sp³-hybridized carbons (Fsp3) is 0.0870. The van der Waals surface area contributed by atoms with Crippen LogP contribution in [-0.2, 0) is 14.8 Å².